The van der Waals surface area contributed by atoms with Gasteiger partial charge in [-0.25, -0.2) is 0 Å². The predicted molar refractivity (Wildman–Crippen MR) is 95.7 cm³/mol. The van der Waals surface area contributed by atoms with Gasteiger partial charge in [0.05, 0.1) is 13.7 Å². The molecule has 1 aromatic heterocycles. The van der Waals surface area contributed by atoms with Crippen LogP contribution in [0.15, 0.2) is 23.8 Å². The van der Waals surface area contributed by atoms with E-state index < -0.39 is 5.91 Å². The van der Waals surface area contributed by atoms with Crippen LogP contribution >= 0.6 is 11.3 Å². The summed E-state index contributed by atoms with van der Waals surface area (Å²) in [5.74, 6) is 0.602. The number of rotatable bonds is 7. The zero-order valence-electron chi connectivity index (χ0n) is 14.2. The number of aryl methyl sites for hydroxylation is 1. The van der Waals surface area contributed by atoms with Crippen molar-refractivity contribution in [2.45, 2.75) is 20.3 Å². The third-order valence-corrected chi connectivity index (χ3v) is 4.14. The van der Waals surface area contributed by atoms with E-state index in [2.05, 4.69) is 15.5 Å². The number of carbonyl (C=O) groups is 1. The highest BCUT2D eigenvalue weighted by atomic mass is 32.1. The number of aromatic nitrogens is 2. The number of hydrogen-bond donors (Lipinski definition) is 1. The summed E-state index contributed by atoms with van der Waals surface area (Å²) in [6, 6.07) is 7.09. The van der Waals surface area contributed by atoms with E-state index in [-0.39, 0.29) is 5.57 Å². The van der Waals surface area contributed by atoms with Crippen molar-refractivity contribution in [3.8, 4) is 17.6 Å². The maximum atomic E-state index is 12.3. The Kier molecular flexibility index (Phi) is 6.48. The van der Waals surface area contributed by atoms with E-state index in [0.717, 1.165) is 11.4 Å². The van der Waals surface area contributed by atoms with Crippen molar-refractivity contribution in [1.29, 1.82) is 5.26 Å². The first-order valence-electron chi connectivity index (χ1n) is 7.67. The van der Waals surface area contributed by atoms with Crippen LogP contribution < -0.4 is 14.8 Å². The lowest BCUT2D eigenvalue weighted by Gasteiger charge is -2.09. The standard InChI is InChI=1S/C17H18N4O3S/c1-4-15-20-21-17(25-15)19-16(22)12(10-18)8-11-6-7-13(24-5-2)14(9-11)23-3/h6-9H,4-5H2,1-3H3,(H,19,21,22)/b12-8-. The van der Waals surface area contributed by atoms with Gasteiger partial charge in [0.25, 0.3) is 5.91 Å². The molecule has 0 spiro atoms. The van der Waals surface area contributed by atoms with Crippen LogP contribution in [-0.2, 0) is 11.2 Å². The molecule has 1 amide bonds. The molecule has 0 atom stereocenters. The Morgan fingerprint density at radius 1 is 1.36 bits per heavy atom. The highest BCUT2D eigenvalue weighted by Gasteiger charge is 2.13. The van der Waals surface area contributed by atoms with E-state index in [1.807, 2.05) is 19.9 Å². The third kappa shape index (κ3) is 4.78. The summed E-state index contributed by atoms with van der Waals surface area (Å²) in [6.07, 6.45) is 2.22. The normalized spacial score (nSPS) is 10.9. The zero-order chi connectivity index (χ0) is 18.2. The van der Waals surface area contributed by atoms with Crippen molar-refractivity contribution in [2.75, 3.05) is 19.0 Å². The third-order valence-electron chi connectivity index (χ3n) is 3.15. The highest BCUT2D eigenvalue weighted by Crippen LogP contribution is 2.29. The second-order valence-corrected chi connectivity index (χ2v) is 5.88. The molecule has 1 heterocycles. The molecule has 1 aromatic carbocycles. The molecule has 0 bridgehead atoms. The Balaban J connectivity index is 2.21. The molecule has 0 aliphatic heterocycles. The Labute approximate surface area is 149 Å². The average molecular weight is 358 g/mol. The lowest BCUT2D eigenvalue weighted by atomic mass is 10.1. The minimum Gasteiger partial charge on any atom is -0.493 e. The number of nitrogens with one attached hydrogen (secondary N) is 1. The van der Waals surface area contributed by atoms with Gasteiger partial charge in [-0.3, -0.25) is 10.1 Å². The maximum absolute atomic E-state index is 12.3. The molecule has 8 heteroatoms. The van der Waals surface area contributed by atoms with E-state index in [4.69, 9.17) is 9.47 Å². The number of methoxy groups -OCH3 is 1. The topological polar surface area (TPSA) is 97.1 Å². The Bertz CT molecular complexity index is 824. The smallest absolute Gasteiger partial charge is 0.268 e. The van der Waals surface area contributed by atoms with Gasteiger partial charge in [-0.15, -0.1) is 10.2 Å². The van der Waals surface area contributed by atoms with Crippen molar-refractivity contribution >= 4 is 28.5 Å². The number of anilines is 1. The first kappa shape index (κ1) is 18.4. The van der Waals surface area contributed by atoms with Gasteiger partial charge in [0.1, 0.15) is 16.6 Å². The summed E-state index contributed by atoms with van der Waals surface area (Å²) in [5, 5.41) is 20.9. The fourth-order valence-corrected chi connectivity index (χ4v) is 2.65. The SMILES string of the molecule is CCOc1ccc(/C=C(/C#N)C(=O)Nc2nnc(CC)s2)cc1OC. The quantitative estimate of drug-likeness (QED) is 0.603. The van der Waals surface area contributed by atoms with Crippen molar-refractivity contribution < 1.29 is 14.3 Å². The molecular weight excluding hydrogens is 340 g/mol. The Morgan fingerprint density at radius 2 is 2.16 bits per heavy atom. The van der Waals surface area contributed by atoms with Crippen LogP contribution in [-0.4, -0.2) is 29.8 Å². The van der Waals surface area contributed by atoms with Gasteiger partial charge in [-0.1, -0.05) is 24.3 Å². The van der Waals surface area contributed by atoms with Crippen molar-refractivity contribution in [2.24, 2.45) is 0 Å². The molecule has 0 fully saturated rings. The Hall–Kier alpha value is -2.92. The molecule has 2 rings (SSSR count). The fourth-order valence-electron chi connectivity index (χ4n) is 1.98. The summed E-state index contributed by atoms with van der Waals surface area (Å²) in [4.78, 5) is 12.3. The van der Waals surface area contributed by atoms with E-state index in [1.165, 1.54) is 24.5 Å². The molecule has 0 saturated carbocycles. The number of nitriles is 1. The first-order valence-corrected chi connectivity index (χ1v) is 8.49. The van der Waals surface area contributed by atoms with E-state index >= 15 is 0 Å². The van der Waals surface area contributed by atoms with E-state index in [9.17, 15) is 10.1 Å². The number of ether oxygens (including phenoxy) is 2. The summed E-state index contributed by atoms with van der Waals surface area (Å²) < 4.78 is 10.7. The summed E-state index contributed by atoms with van der Waals surface area (Å²) in [5.41, 5.74) is 0.609. The van der Waals surface area contributed by atoms with Gasteiger partial charge in [-0.05, 0) is 37.1 Å². The van der Waals surface area contributed by atoms with Crippen LogP contribution in [0.5, 0.6) is 11.5 Å². The fraction of sp³-hybridized carbons (Fsp3) is 0.294. The number of carbonyl (C=O) groups excluding carboxylic acids is 1. The summed E-state index contributed by atoms with van der Waals surface area (Å²) in [7, 11) is 1.53. The largest absolute Gasteiger partial charge is 0.493 e. The first-order chi connectivity index (χ1) is 12.1. The predicted octanol–water partition coefficient (Wildman–Crippen LogP) is 3.05. The maximum Gasteiger partial charge on any atom is 0.268 e. The van der Waals surface area contributed by atoms with Gasteiger partial charge < -0.3 is 9.47 Å². The second kappa shape index (κ2) is 8.80. The van der Waals surface area contributed by atoms with Gasteiger partial charge in [-0.2, -0.15) is 5.26 Å². The van der Waals surface area contributed by atoms with Crippen LogP contribution in [0.3, 0.4) is 0 Å². The van der Waals surface area contributed by atoms with Crippen molar-refractivity contribution in [3.63, 3.8) is 0 Å². The van der Waals surface area contributed by atoms with E-state index in [1.54, 1.807) is 18.2 Å². The van der Waals surface area contributed by atoms with Crippen molar-refractivity contribution in [3.05, 3.63) is 34.3 Å². The minimum atomic E-state index is -0.533. The lowest BCUT2D eigenvalue weighted by molar-refractivity contribution is -0.112. The lowest BCUT2D eigenvalue weighted by Crippen LogP contribution is -2.13. The van der Waals surface area contributed by atoms with Crippen LogP contribution in [0.1, 0.15) is 24.4 Å². The van der Waals surface area contributed by atoms with Gasteiger partial charge in [0.15, 0.2) is 11.5 Å². The van der Waals surface area contributed by atoms with E-state index in [0.29, 0.717) is 28.8 Å². The van der Waals surface area contributed by atoms with Crippen LogP contribution in [0.4, 0.5) is 5.13 Å². The highest BCUT2D eigenvalue weighted by molar-refractivity contribution is 7.15. The van der Waals surface area contributed by atoms with Crippen LogP contribution in [0.25, 0.3) is 6.08 Å². The molecule has 0 radical (unpaired) electrons. The molecule has 130 valence electrons. The number of hydrogen-bond acceptors (Lipinski definition) is 7. The Morgan fingerprint density at radius 3 is 2.76 bits per heavy atom. The molecule has 25 heavy (non-hydrogen) atoms. The zero-order valence-corrected chi connectivity index (χ0v) is 15.0. The molecule has 0 unspecified atom stereocenters. The second-order valence-electron chi connectivity index (χ2n) is 4.82. The minimum absolute atomic E-state index is 0.0422. The summed E-state index contributed by atoms with van der Waals surface area (Å²) >= 11 is 1.28. The molecule has 7 nitrogen and oxygen atoms in total. The van der Waals surface area contributed by atoms with Gasteiger partial charge >= 0.3 is 0 Å². The molecule has 0 aliphatic carbocycles. The molecule has 2 aromatic rings. The molecule has 0 saturated heterocycles. The summed E-state index contributed by atoms with van der Waals surface area (Å²) in [6.45, 7) is 4.34. The average Bonchev–Trinajstić information content (AvgIpc) is 3.08. The number of benzene rings is 1. The molecular formula is C17H18N4O3S. The molecule has 0 aliphatic rings. The van der Waals surface area contributed by atoms with Gasteiger partial charge in [0, 0.05) is 0 Å². The molecule has 1 N–H and O–H groups in total. The monoisotopic (exact) mass is 358 g/mol. The number of amides is 1. The van der Waals surface area contributed by atoms with Crippen LogP contribution in [0, 0.1) is 11.3 Å². The van der Waals surface area contributed by atoms with Gasteiger partial charge in [0.2, 0.25) is 5.13 Å². The van der Waals surface area contributed by atoms with Crippen LogP contribution in [0.2, 0.25) is 0 Å². The number of nitrogens with zero attached hydrogens (tertiary/aromatic N) is 3. The van der Waals surface area contributed by atoms with Crippen molar-refractivity contribution in [1.82, 2.24) is 10.2 Å².